The third-order valence-corrected chi connectivity index (χ3v) is 5.65. The molecule has 0 saturated carbocycles. The molecule has 0 amide bonds. The van der Waals surface area contributed by atoms with Gasteiger partial charge < -0.3 is 8.98 Å². The Labute approximate surface area is 171 Å². The third kappa shape index (κ3) is 2.08. The highest BCUT2D eigenvalue weighted by molar-refractivity contribution is 6.23. The Kier molecular flexibility index (Phi) is 3.27. The number of nitriles is 1. The van der Waals surface area contributed by atoms with Gasteiger partial charge in [-0.1, -0.05) is 48.5 Å². The Bertz CT molecular complexity index is 1720. The second-order valence-electron chi connectivity index (χ2n) is 7.21. The van der Waals surface area contributed by atoms with Crippen molar-refractivity contribution in [2.75, 3.05) is 0 Å². The van der Waals surface area contributed by atoms with E-state index in [4.69, 9.17) is 11.0 Å². The average molecular weight is 383 g/mol. The highest BCUT2D eigenvalue weighted by atomic mass is 16.3. The minimum atomic E-state index is 0.501. The van der Waals surface area contributed by atoms with Crippen LogP contribution in [0.1, 0.15) is 5.56 Å². The SMILES string of the molecule is [C-]#[N+]c1ccc(C#N)cc1-n1c2ccccc2c2c3oc4ccccc4c3ccc21. The summed E-state index contributed by atoms with van der Waals surface area (Å²) in [5.74, 6) is 0. The number of benzene rings is 4. The second-order valence-corrected chi connectivity index (χ2v) is 7.21. The Balaban J connectivity index is 1.86. The summed E-state index contributed by atoms with van der Waals surface area (Å²) in [4.78, 5) is 3.71. The van der Waals surface area contributed by atoms with Crippen LogP contribution in [-0.2, 0) is 0 Å². The zero-order valence-corrected chi connectivity index (χ0v) is 15.8. The molecule has 6 aromatic rings. The monoisotopic (exact) mass is 383 g/mol. The van der Waals surface area contributed by atoms with Gasteiger partial charge in [0.15, 0.2) is 0 Å². The van der Waals surface area contributed by atoms with Crippen LogP contribution in [0.2, 0.25) is 0 Å². The summed E-state index contributed by atoms with van der Waals surface area (Å²) in [7, 11) is 0. The van der Waals surface area contributed by atoms with Crippen molar-refractivity contribution in [2.45, 2.75) is 0 Å². The zero-order valence-electron chi connectivity index (χ0n) is 15.8. The number of fused-ring (bicyclic) bond motifs is 7. The maximum absolute atomic E-state index is 9.42. The molecule has 4 heteroatoms. The largest absolute Gasteiger partial charge is 0.455 e. The normalized spacial score (nSPS) is 11.3. The number of hydrogen-bond acceptors (Lipinski definition) is 2. The van der Waals surface area contributed by atoms with E-state index in [9.17, 15) is 5.26 Å². The van der Waals surface area contributed by atoms with E-state index in [1.807, 2.05) is 36.4 Å². The lowest BCUT2D eigenvalue weighted by molar-refractivity contribution is 0.673. The predicted octanol–water partition coefficient (Wildman–Crippen LogP) is 7.11. The van der Waals surface area contributed by atoms with E-state index in [0.717, 1.165) is 43.7 Å². The molecule has 0 aliphatic heterocycles. The molecule has 0 radical (unpaired) electrons. The molecule has 6 rings (SSSR count). The molecule has 0 spiro atoms. The quantitative estimate of drug-likeness (QED) is 0.284. The van der Waals surface area contributed by atoms with Crippen LogP contribution < -0.4 is 0 Å². The van der Waals surface area contributed by atoms with Gasteiger partial charge in [-0.2, -0.15) is 5.26 Å². The van der Waals surface area contributed by atoms with Gasteiger partial charge >= 0.3 is 0 Å². The van der Waals surface area contributed by atoms with Crippen LogP contribution in [0.3, 0.4) is 0 Å². The molecule has 30 heavy (non-hydrogen) atoms. The number of para-hydroxylation sites is 2. The molecule has 0 N–H and O–H groups in total. The molecule has 138 valence electrons. The molecule has 0 unspecified atom stereocenters. The topological polar surface area (TPSA) is 46.2 Å². The van der Waals surface area contributed by atoms with Crippen molar-refractivity contribution in [1.82, 2.24) is 4.57 Å². The summed E-state index contributed by atoms with van der Waals surface area (Å²) in [6, 6.07) is 27.7. The second kappa shape index (κ2) is 5.98. The molecule has 0 aliphatic rings. The first-order valence-corrected chi connectivity index (χ1v) is 9.55. The van der Waals surface area contributed by atoms with E-state index in [0.29, 0.717) is 16.9 Å². The Morgan fingerprint density at radius 3 is 2.47 bits per heavy atom. The van der Waals surface area contributed by atoms with Crippen molar-refractivity contribution in [2.24, 2.45) is 0 Å². The van der Waals surface area contributed by atoms with Gasteiger partial charge in [-0.05, 0) is 30.3 Å². The van der Waals surface area contributed by atoms with Gasteiger partial charge in [-0.15, -0.1) is 0 Å². The Morgan fingerprint density at radius 2 is 1.63 bits per heavy atom. The zero-order chi connectivity index (χ0) is 20.2. The number of nitrogens with zero attached hydrogens (tertiary/aromatic N) is 3. The van der Waals surface area contributed by atoms with Gasteiger partial charge in [-0.3, -0.25) is 0 Å². The van der Waals surface area contributed by atoms with Crippen molar-refractivity contribution >= 4 is 49.4 Å². The highest BCUT2D eigenvalue weighted by Crippen LogP contribution is 2.41. The maximum atomic E-state index is 9.42. The van der Waals surface area contributed by atoms with Crippen molar-refractivity contribution in [3.63, 3.8) is 0 Å². The maximum Gasteiger partial charge on any atom is 0.210 e. The van der Waals surface area contributed by atoms with Gasteiger partial charge in [-0.25, -0.2) is 4.85 Å². The van der Waals surface area contributed by atoms with Crippen molar-refractivity contribution in [3.8, 4) is 11.8 Å². The van der Waals surface area contributed by atoms with Crippen LogP contribution in [-0.4, -0.2) is 4.57 Å². The summed E-state index contributed by atoms with van der Waals surface area (Å²) in [5, 5.41) is 13.6. The molecule has 0 aliphatic carbocycles. The van der Waals surface area contributed by atoms with E-state index in [-0.39, 0.29) is 0 Å². The number of furan rings is 1. The van der Waals surface area contributed by atoms with Gasteiger partial charge in [0.25, 0.3) is 0 Å². The predicted molar refractivity (Wildman–Crippen MR) is 119 cm³/mol. The smallest absolute Gasteiger partial charge is 0.210 e. The van der Waals surface area contributed by atoms with Crippen LogP contribution in [0.25, 0.3) is 54.3 Å². The third-order valence-electron chi connectivity index (χ3n) is 5.65. The molecule has 2 heterocycles. The first-order valence-electron chi connectivity index (χ1n) is 9.55. The lowest BCUT2D eigenvalue weighted by Crippen LogP contribution is -1.95. The number of aromatic nitrogens is 1. The van der Waals surface area contributed by atoms with Gasteiger partial charge in [0.1, 0.15) is 11.2 Å². The first kappa shape index (κ1) is 16.4. The molecule has 4 nitrogen and oxygen atoms in total. The number of rotatable bonds is 1. The molecule has 0 fully saturated rings. The lowest BCUT2D eigenvalue weighted by Gasteiger charge is -2.10. The first-order chi connectivity index (χ1) is 14.8. The Morgan fingerprint density at radius 1 is 0.833 bits per heavy atom. The van der Waals surface area contributed by atoms with Crippen LogP contribution in [0, 0.1) is 17.9 Å². The average Bonchev–Trinajstić information content (AvgIpc) is 3.34. The summed E-state index contributed by atoms with van der Waals surface area (Å²) >= 11 is 0. The lowest BCUT2D eigenvalue weighted by atomic mass is 10.1. The van der Waals surface area contributed by atoms with Crippen molar-refractivity contribution in [3.05, 3.63) is 95.8 Å². The number of hydrogen-bond donors (Lipinski definition) is 0. The fourth-order valence-electron chi connectivity index (χ4n) is 4.36. The minimum absolute atomic E-state index is 0.501. The summed E-state index contributed by atoms with van der Waals surface area (Å²) in [6.45, 7) is 7.65. The Hall–Kier alpha value is -4.54. The van der Waals surface area contributed by atoms with Crippen molar-refractivity contribution < 1.29 is 4.42 Å². The van der Waals surface area contributed by atoms with Gasteiger partial charge in [0, 0.05) is 16.2 Å². The fraction of sp³-hybridized carbons (Fsp3) is 0. The molecule has 0 bridgehead atoms. The van der Waals surface area contributed by atoms with E-state index < -0.39 is 0 Å². The molecule has 2 aromatic heterocycles. The summed E-state index contributed by atoms with van der Waals surface area (Å²) in [6.07, 6.45) is 0. The van der Waals surface area contributed by atoms with Crippen LogP contribution in [0.4, 0.5) is 5.69 Å². The van der Waals surface area contributed by atoms with E-state index in [1.165, 1.54) is 0 Å². The minimum Gasteiger partial charge on any atom is -0.455 e. The fourth-order valence-corrected chi connectivity index (χ4v) is 4.36. The van der Waals surface area contributed by atoms with Gasteiger partial charge in [0.05, 0.1) is 40.3 Å². The van der Waals surface area contributed by atoms with Crippen molar-refractivity contribution in [1.29, 1.82) is 5.26 Å². The van der Waals surface area contributed by atoms with Crippen LogP contribution >= 0.6 is 0 Å². The summed E-state index contributed by atoms with van der Waals surface area (Å²) in [5.41, 5.74) is 5.33. The standard InChI is InChI=1S/C26H13N3O/c1-28-20-12-10-16(15-27)14-23(20)29-21-8-4-2-7-19(21)25-22(29)13-11-18-17-6-3-5-9-24(17)30-26(18)25/h2-14H. The highest BCUT2D eigenvalue weighted by Gasteiger charge is 2.19. The van der Waals surface area contributed by atoms with Crippen LogP contribution in [0.15, 0.2) is 83.3 Å². The van der Waals surface area contributed by atoms with Gasteiger partial charge in [0.2, 0.25) is 5.69 Å². The summed E-state index contributed by atoms with van der Waals surface area (Å²) < 4.78 is 8.36. The van der Waals surface area contributed by atoms with Crippen LogP contribution in [0.5, 0.6) is 0 Å². The molecule has 4 aromatic carbocycles. The molecule has 0 atom stereocenters. The molecule has 0 saturated heterocycles. The van der Waals surface area contributed by atoms with E-state index in [1.54, 1.807) is 18.2 Å². The van der Waals surface area contributed by atoms with E-state index >= 15 is 0 Å². The molecular weight excluding hydrogens is 370 g/mol. The van der Waals surface area contributed by atoms with E-state index in [2.05, 4.69) is 39.7 Å². The molecular formula is C26H13N3O.